The minimum Gasteiger partial charge on any atom is -0.335 e. The molecule has 2 aliphatic carbocycles. The van der Waals surface area contributed by atoms with Crippen molar-refractivity contribution >= 4 is 5.91 Å². The van der Waals surface area contributed by atoms with Crippen LogP contribution in [-0.2, 0) is 4.79 Å². The van der Waals surface area contributed by atoms with Crippen molar-refractivity contribution in [3.05, 3.63) is 12.7 Å². The Kier molecular flexibility index (Phi) is 2.35. The lowest BCUT2D eigenvalue weighted by Crippen LogP contribution is -2.41. The molecule has 3 nitrogen and oxygen atoms in total. The number of nitrogens with zero attached hydrogens (tertiary/aromatic N) is 1. The van der Waals surface area contributed by atoms with Crippen LogP contribution in [0.2, 0.25) is 0 Å². The average molecular weight is 194 g/mol. The minimum atomic E-state index is -0.189. The molecule has 0 aliphatic heterocycles. The van der Waals surface area contributed by atoms with Crippen LogP contribution in [0.25, 0.3) is 0 Å². The maximum atomic E-state index is 12.1. The summed E-state index contributed by atoms with van der Waals surface area (Å²) in [5.74, 6) is 0.266. The first-order chi connectivity index (χ1) is 6.73. The molecule has 0 aromatic rings. The van der Waals surface area contributed by atoms with Gasteiger partial charge in [-0.25, -0.2) is 0 Å². The third-order valence-corrected chi connectivity index (χ3v) is 3.27. The van der Waals surface area contributed by atoms with Crippen LogP contribution in [0.5, 0.6) is 0 Å². The molecular formula is C11H18N2O. The average Bonchev–Trinajstić information content (AvgIpc) is 3.05. The van der Waals surface area contributed by atoms with Crippen LogP contribution >= 0.6 is 0 Å². The highest BCUT2D eigenvalue weighted by atomic mass is 16.2. The minimum absolute atomic E-state index is 0.189. The predicted octanol–water partition coefficient (Wildman–Crippen LogP) is 0.902. The lowest BCUT2D eigenvalue weighted by atomic mass is 10.1. The molecule has 2 N–H and O–H groups in total. The van der Waals surface area contributed by atoms with Crippen LogP contribution in [0.3, 0.4) is 0 Å². The Balaban J connectivity index is 2.02. The van der Waals surface area contributed by atoms with E-state index in [0.29, 0.717) is 19.1 Å². The number of nitrogens with two attached hydrogens (primary N) is 1. The third-order valence-electron chi connectivity index (χ3n) is 3.27. The zero-order chi connectivity index (χ0) is 10.2. The van der Waals surface area contributed by atoms with Gasteiger partial charge in [-0.1, -0.05) is 6.08 Å². The van der Waals surface area contributed by atoms with Crippen LogP contribution in [0, 0.1) is 5.41 Å². The summed E-state index contributed by atoms with van der Waals surface area (Å²) in [5, 5.41) is 0. The summed E-state index contributed by atoms with van der Waals surface area (Å²) >= 11 is 0. The summed E-state index contributed by atoms with van der Waals surface area (Å²) in [6.45, 7) is 4.89. The van der Waals surface area contributed by atoms with Crippen molar-refractivity contribution in [3.63, 3.8) is 0 Å². The van der Waals surface area contributed by atoms with Crippen molar-refractivity contribution in [2.24, 2.45) is 11.1 Å². The number of hydrogen-bond acceptors (Lipinski definition) is 2. The Labute approximate surface area is 84.9 Å². The molecule has 78 valence electrons. The van der Waals surface area contributed by atoms with E-state index in [1.807, 2.05) is 11.0 Å². The first-order valence-electron chi connectivity index (χ1n) is 5.35. The van der Waals surface area contributed by atoms with Gasteiger partial charge in [0.25, 0.3) is 0 Å². The molecule has 2 saturated carbocycles. The van der Waals surface area contributed by atoms with Gasteiger partial charge in [-0.15, -0.1) is 6.58 Å². The summed E-state index contributed by atoms with van der Waals surface area (Å²) in [7, 11) is 0. The molecule has 0 saturated heterocycles. The molecule has 0 aromatic heterocycles. The van der Waals surface area contributed by atoms with E-state index >= 15 is 0 Å². The van der Waals surface area contributed by atoms with Crippen molar-refractivity contribution < 1.29 is 4.79 Å². The Morgan fingerprint density at radius 3 is 2.57 bits per heavy atom. The van der Waals surface area contributed by atoms with E-state index in [-0.39, 0.29) is 11.3 Å². The normalized spacial score (nSPS) is 22.9. The maximum absolute atomic E-state index is 12.1. The van der Waals surface area contributed by atoms with E-state index in [9.17, 15) is 4.79 Å². The second-order valence-corrected chi connectivity index (χ2v) is 4.46. The molecule has 0 aromatic carbocycles. The Morgan fingerprint density at radius 1 is 1.57 bits per heavy atom. The van der Waals surface area contributed by atoms with Crippen LogP contribution in [0.4, 0.5) is 0 Å². The zero-order valence-electron chi connectivity index (χ0n) is 8.54. The second kappa shape index (κ2) is 3.39. The van der Waals surface area contributed by atoms with E-state index in [2.05, 4.69) is 6.58 Å². The van der Waals surface area contributed by atoms with E-state index in [4.69, 9.17) is 5.73 Å². The monoisotopic (exact) mass is 194 g/mol. The molecule has 0 atom stereocenters. The molecule has 14 heavy (non-hydrogen) atoms. The SMILES string of the molecule is C=CCN(C(=O)C1(CN)CC1)C1CC1. The quantitative estimate of drug-likeness (QED) is 0.661. The Hall–Kier alpha value is -0.830. The smallest absolute Gasteiger partial charge is 0.230 e. The fourth-order valence-corrected chi connectivity index (χ4v) is 1.88. The largest absolute Gasteiger partial charge is 0.335 e. The van der Waals surface area contributed by atoms with Gasteiger partial charge in [-0.2, -0.15) is 0 Å². The maximum Gasteiger partial charge on any atom is 0.230 e. The lowest BCUT2D eigenvalue weighted by molar-refractivity contribution is -0.136. The third kappa shape index (κ3) is 1.57. The van der Waals surface area contributed by atoms with Crippen molar-refractivity contribution in [2.45, 2.75) is 31.7 Å². The van der Waals surface area contributed by atoms with E-state index in [1.54, 1.807) is 0 Å². The zero-order valence-corrected chi connectivity index (χ0v) is 8.54. The van der Waals surface area contributed by atoms with Gasteiger partial charge in [-0.3, -0.25) is 4.79 Å². The highest BCUT2D eigenvalue weighted by molar-refractivity contribution is 5.86. The predicted molar refractivity (Wildman–Crippen MR) is 55.7 cm³/mol. The van der Waals surface area contributed by atoms with Crippen LogP contribution in [0.1, 0.15) is 25.7 Å². The topological polar surface area (TPSA) is 46.3 Å². The number of rotatable bonds is 5. The van der Waals surface area contributed by atoms with Crippen molar-refractivity contribution in [2.75, 3.05) is 13.1 Å². The molecule has 0 bridgehead atoms. The van der Waals surface area contributed by atoms with Crippen LogP contribution < -0.4 is 5.73 Å². The molecule has 1 amide bonds. The molecule has 3 heteroatoms. The lowest BCUT2D eigenvalue weighted by Gasteiger charge is -2.25. The fourth-order valence-electron chi connectivity index (χ4n) is 1.88. The first-order valence-corrected chi connectivity index (χ1v) is 5.35. The van der Waals surface area contributed by atoms with E-state index < -0.39 is 0 Å². The van der Waals surface area contributed by atoms with Gasteiger partial charge in [0.05, 0.1) is 5.41 Å². The van der Waals surface area contributed by atoms with Crippen LogP contribution in [0.15, 0.2) is 12.7 Å². The Bertz CT molecular complexity index is 254. The molecule has 2 rings (SSSR count). The highest BCUT2D eigenvalue weighted by Crippen LogP contribution is 2.47. The van der Waals surface area contributed by atoms with Crippen molar-refractivity contribution in [1.29, 1.82) is 0 Å². The van der Waals surface area contributed by atoms with Gasteiger partial charge in [0.2, 0.25) is 5.91 Å². The molecule has 0 radical (unpaired) electrons. The molecule has 0 spiro atoms. The Morgan fingerprint density at radius 2 is 2.21 bits per heavy atom. The number of amides is 1. The number of carbonyl (C=O) groups excluding carboxylic acids is 1. The molecule has 0 unspecified atom stereocenters. The van der Waals surface area contributed by atoms with Gasteiger partial charge >= 0.3 is 0 Å². The van der Waals surface area contributed by atoms with Gasteiger partial charge in [0, 0.05) is 19.1 Å². The first kappa shape index (κ1) is 9.71. The van der Waals surface area contributed by atoms with Crippen molar-refractivity contribution in [1.82, 2.24) is 4.90 Å². The molecule has 0 heterocycles. The second-order valence-electron chi connectivity index (χ2n) is 4.46. The van der Waals surface area contributed by atoms with E-state index in [0.717, 1.165) is 25.7 Å². The summed E-state index contributed by atoms with van der Waals surface area (Å²) in [6, 6.07) is 0.476. The molecule has 2 fully saturated rings. The summed E-state index contributed by atoms with van der Waals surface area (Å²) in [6.07, 6.45) is 6.06. The fraction of sp³-hybridized carbons (Fsp3) is 0.727. The number of hydrogen-bond donors (Lipinski definition) is 1. The van der Waals surface area contributed by atoms with E-state index in [1.165, 1.54) is 0 Å². The standard InChI is InChI=1S/C11H18N2O/c1-2-7-13(9-3-4-9)10(14)11(8-12)5-6-11/h2,9H,1,3-8,12H2. The van der Waals surface area contributed by atoms with Crippen molar-refractivity contribution in [3.8, 4) is 0 Å². The molecular weight excluding hydrogens is 176 g/mol. The highest BCUT2D eigenvalue weighted by Gasteiger charge is 2.52. The van der Waals surface area contributed by atoms with Gasteiger partial charge in [0.1, 0.15) is 0 Å². The van der Waals surface area contributed by atoms with Crippen LogP contribution in [-0.4, -0.2) is 29.9 Å². The summed E-state index contributed by atoms with van der Waals surface area (Å²) < 4.78 is 0. The van der Waals surface area contributed by atoms with Gasteiger partial charge in [0.15, 0.2) is 0 Å². The molecule has 2 aliphatic rings. The summed E-state index contributed by atoms with van der Waals surface area (Å²) in [4.78, 5) is 14.1. The number of carbonyl (C=O) groups is 1. The van der Waals surface area contributed by atoms with Gasteiger partial charge < -0.3 is 10.6 Å². The summed E-state index contributed by atoms with van der Waals surface area (Å²) in [5.41, 5.74) is 5.46. The van der Waals surface area contributed by atoms with Gasteiger partial charge in [-0.05, 0) is 25.7 Å².